The lowest BCUT2D eigenvalue weighted by Gasteiger charge is -2.37. The van der Waals surface area contributed by atoms with Crippen LogP contribution >= 0.6 is 0 Å². The van der Waals surface area contributed by atoms with E-state index in [0.717, 1.165) is 5.56 Å². The minimum Gasteiger partial charge on any atom is -0.386 e. The molecule has 5 nitrogen and oxygen atoms in total. The van der Waals surface area contributed by atoms with E-state index in [1.54, 1.807) is 6.92 Å². The number of amides is 1. The van der Waals surface area contributed by atoms with E-state index >= 15 is 0 Å². The Balaban J connectivity index is 2.14. The van der Waals surface area contributed by atoms with Crippen molar-refractivity contribution >= 4 is 5.91 Å². The Labute approximate surface area is 131 Å². The Morgan fingerprint density at radius 2 is 2.00 bits per heavy atom. The summed E-state index contributed by atoms with van der Waals surface area (Å²) >= 11 is 0. The zero-order chi connectivity index (χ0) is 16.1. The van der Waals surface area contributed by atoms with E-state index in [1.807, 2.05) is 30.3 Å². The summed E-state index contributed by atoms with van der Waals surface area (Å²) in [4.78, 5) is 12.9. The van der Waals surface area contributed by atoms with Crippen LogP contribution in [0.15, 0.2) is 30.3 Å². The van der Waals surface area contributed by atoms with Crippen molar-refractivity contribution in [3.63, 3.8) is 0 Å². The number of carbonyl (C=O) groups excluding carboxylic acids is 1. The molecule has 2 N–H and O–H groups in total. The molecule has 0 radical (unpaired) electrons. The summed E-state index contributed by atoms with van der Waals surface area (Å²) in [7, 11) is 1.53. The number of nitrogens with one attached hydrogen (secondary N) is 1. The summed E-state index contributed by atoms with van der Waals surface area (Å²) in [5.74, 6) is -0.0571. The van der Waals surface area contributed by atoms with Gasteiger partial charge < -0.3 is 19.9 Å². The van der Waals surface area contributed by atoms with Gasteiger partial charge >= 0.3 is 0 Å². The minimum absolute atomic E-state index is 0.0571. The number of ether oxygens (including phenoxy) is 2. The topological polar surface area (TPSA) is 67.8 Å². The van der Waals surface area contributed by atoms with Gasteiger partial charge in [-0.1, -0.05) is 30.3 Å². The van der Waals surface area contributed by atoms with E-state index in [4.69, 9.17) is 9.47 Å². The van der Waals surface area contributed by atoms with Crippen molar-refractivity contribution in [1.82, 2.24) is 5.32 Å². The molecule has 0 spiro atoms. The SMILES string of the molecule is COCC(C)(O)CNC(=O)C1(c2ccccc2)CCOCC1. The molecular formula is C17H25NO4. The standard InChI is InChI=1S/C17H25NO4/c1-16(20,13-21-2)12-18-15(19)17(8-10-22-11-9-17)14-6-4-3-5-7-14/h3-7,20H,8-13H2,1-2H3,(H,18,19). The molecule has 1 atom stereocenters. The third kappa shape index (κ3) is 3.85. The molecule has 1 fully saturated rings. The highest BCUT2D eigenvalue weighted by atomic mass is 16.5. The van der Waals surface area contributed by atoms with E-state index in [1.165, 1.54) is 7.11 Å². The first-order chi connectivity index (χ1) is 10.5. The zero-order valence-electron chi connectivity index (χ0n) is 13.3. The number of hydrogen-bond donors (Lipinski definition) is 2. The molecule has 5 heteroatoms. The molecule has 1 aromatic rings. The summed E-state index contributed by atoms with van der Waals surface area (Å²) in [5, 5.41) is 13.0. The van der Waals surface area contributed by atoms with Crippen LogP contribution in [0.5, 0.6) is 0 Å². The summed E-state index contributed by atoms with van der Waals surface area (Å²) in [6, 6.07) is 9.80. The molecule has 122 valence electrons. The second-order valence-corrected chi connectivity index (χ2v) is 6.17. The lowest BCUT2D eigenvalue weighted by molar-refractivity contribution is -0.132. The number of benzene rings is 1. The van der Waals surface area contributed by atoms with Crippen LogP contribution in [0.1, 0.15) is 25.3 Å². The second-order valence-electron chi connectivity index (χ2n) is 6.17. The Bertz CT molecular complexity index is 481. The number of rotatable bonds is 6. The fourth-order valence-corrected chi connectivity index (χ4v) is 2.93. The zero-order valence-corrected chi connectivity index (χ0v) is 13.3. The molecular weight excluding hydrogens is 282 g/mol. The average molecular weight is 307 g/mol. The van der Waals surface area contributed by atoms with Crippen LogP contribution in [0.3, 0.4) is 0 Å². The molecule has 0 bridgehead atoms. The highest BCUT2D eigenvalue weighted by Gasteiger charge is 2.42. The Hall–Kier alpha value is -1.43. The van der Waals surface area contributed by atoms with Crippen LogP contribution in [0.25, 0.3) is 0 Å². The highest BCUT2D eigenvalue weighted by molar-refractivity contribution is 5.88. The van der Waals surface area contributed by atoms with E-state index in [-0.39, 0.29) is 19.1 Å². The van der Waals surface area contributed by atoms with Gasteiger partial charge in [0.2, 0.25) is 5.91 Å². The van der Waals surface area contributed by atoms with Crippen molar-refractivity contribution in [1.29, 1.82) is 0 Å². The fourth-order valence-electron chi connectivity index (χ4n) is 2.93. The largest absolute Gasteiger partial charge is 0.386 e. The van der Waals surface area contributed by atoms with Crippen LogP contribution in [-0.2, 0) is 19.7 Å². The van der Waals surface area contributed by atoms with Crippen LogP contribution in [0.2, 0.25) is 0 Å². The minimum atomic E-state index is -1.08. The monoisotopic (exact) mass is 307 g/mol. The first kappa shape index (κ1) is 16.9. The lowest BCUT2D eigenvalue weighted by Crippen LogP contribution is -2.52. The van der Waals surface area contributed by atoms with Crippen LogP contribution < -0.4 is 5.32 Å². The van der Waals surface area contributed by atoms with Crippen LogP contribution in [0, 0.1) is 0 Å². The molecule has 22 heavy (non-hydrogen) atoms. The number of methoxy groups -OCH3 is 1. The van der Waals surface area contributed by atoms with Crippen molar-refractivity contribution in [2.24, 2.45) is 0 Å². The van der Waals surface area contributed by atoms with Gasteiger partial charge in [-0.05, 0) is 25.3 Å². The Morgan fingerprint density at radius 3 is 2.59 bits per heavy atom. The van der Waals surface area contributed by atoms with Crippen molar-refractivity contribution in [3.8, 4) is 0 Å². The molecule has 1 heterocycles. The first-order valence-corrected chi connectivity index (χ1v) is 7.63. The molecule has 1 amide bonds. The van der Waals surface area contributed by atoms with E-state index in [2.05, 4.69) is 5.32 Å². The normalized spacial score (nSPS) is 20.1. The van der Waals surface area contributed by atoms with E-state index < -0.39 is 11.0 Å². The van der Waals surface area contributed by atoms with Gasteiger partial charge in [0.25, 0.3) is 0 Å². The highest BCUT2D eigenvalue weighted by Crippen LogP contribution is 2.35. The van der Waals surface area contributed by atoms with E-state index in [9.17, 15) is 9.90 Å². The van der Waals surface area contributed by atoms with Gasteiger partial charge in [0.15, 0.2) is 0 Å². The molecule has 2 rings (SSSR count). The first-order valence-electron chi connectivity index (χ1n) is 7.63. The van der Waals surface area contributed by atoms with E-state index in [0.29, 0.717) is 26.1 Å². The maximum Gasteiger partial charge on any atom is 0.230 e. The predicted octanol–water partition coefficient (Wildman–Crippen LogP) is 1.25. The predicted molar refractivity (Wildman–Crippen MR) is 83.7 cm³/mol. The van der Waals surface area contributed by atoms with Crippen LogP contribution in [0.4, 0.5) is 0 Å². The van der Waals surface area contributed by atoms with Crippen molar-refractivity contribution in [2.45, 2.75) is 30.8 Å². The van der Waals surface area contributed by atoms with Crippen molar-refractivity contribution in [2.75, 3.05) is 33.5 Å². The van der Waals surface area contributed by atoms with Gasteiger partial charge in [0.05, 0.1) is 12.0 Å². The second kappa shape index (κ2) is 7.22. The summed E-state index contributed by atoms with van der Waals surface area (Å²) in [5.41, 5.74) is -0.655. The van der Waals surface area contributed by atoms with Crippen molar-refractivity contribution < 1.29 is 19.4 Å². The number of carbonyl (C=O) groups is 1. The van der Waals surface area contributed by atoms with Gasteiger partial charge in [-0.2, -0.15) is 0 Å². The van der Waals surface area contributed by atoms with Gasteiger partial charge in [-0.15, -0.1) is 0 Å². The molecule has 1 aromatic carbocycles. The molecule has 0 saturated carbocycles. The van der Waals surface area contributed by atoms with Gasteiger partial charge in [-0.3, -0.25) is 4.79 Å². The maximum absolute atomic E-state index is 12.9. The third-order valence-corrected chi connectivity index (χ3v) is 4.19. The molecule has 1 aliphatic heterocycles. The fraction of sp³-hybridized carbons (Fsp3) is 0.588. The van der Waals surface area contributed by atoms with Gasteiger partial charge in [-0.25, -0.2) is 0 Å². The third-order valence-electron chi connectivity index (χ3n) is 4.19. The summed E-state index contributed by atoms with van der Waals surface area (Å²) in [6.45, 7) is 3.12. The van der Waals surface area contributed by atoms with Crippen LogP contribution in [-0.4, -0.2) is 50.1 Å². The Morgan fingerprint density at radius 1 is 1.36 bits per heavy atom. The molecule has 1 saturated heterocycles. The van der Waals surface area contributed by atoms with Gasteiger partial charge in [0.1, 0.15) is 5.60 Å². The Kier molecular flexibility index (Phi) is 5.56. The summed E-state index contributed by atoms with van der Waals surface area (Å²) in [6.07, 6.45) is 1.30. The van der Waals surface area contributed by atoms with Gasteiger partial charge in [0, 0.05) is 26.9 Å². The van der Waals surface area contributed by atoms with Crippen molar-refractivity contribution in [3.05, 3.63) is 35.9 Å². The molecule has 0 aromatic heterocycles. The molecule has 1 unspecified atom stereocenters. The number of hydrogen-bond acceptors (Lipinski definition) is 4. The quantitative estimate of drug-likeness (QED) is 0.830. The maximum atomic E-state index is 12.9. The smallest absolute Gasteiger partial charge is 0.230 e. The average Bonchev–Trinajstić information content (AvgIpc) is 2.54. The molecule has 1 aliphatic rings. The number of aliphatic hydroxyl groups is 1. The molecule has 0 aliphatic carbocycles. The summed E-state index contributed by atoms with van der Waals surface area (Å²) < 4.78 is 10.4. The lowest BCUT2D eigenvalue weighted by atomic mass is 9.73.